The zero-order valence-electron chi connectivity index (χ0n) is 30.2. The lowest BCUT2D eigenvalue weighted by Gasteiger charge is -2.15. The van der Waals surface area contributed by atoms with Crippen LogP contribution in [0.5, 0.6) is 0 Å². The van der Waals surface area contributed by atoms with Gasteiger partial charge in [-0.2, -0.15) is 0 Å². The van der Waals surface area contributed by atoms with Crippen molar-refractivity contribution < 1.29 is 0 Å². The number of fused-ring (bicyclic) bond motifs is 6. The first kappa shape index (κ1) is 32.2. The zero-order chi connectivity index (χ0) is 37.0. The van der Waals surface area contributed by atoms with Crippen molar-refractivity contribution in [3.63, 3.8) is 0 Å². The van der Waals surface area contributed by atoms with E-state index in [1.54, 1.807) is 0 Å². The number of aromatic nitrogens is 4. The van der Waals surface area contributed by atoms with Gasteiger partial charge in [0, 0.05) is 53.3 Å². The first-order chi connectivity index (χ1) is 27.7. The Morgan fingerprint density at radius 2 is 0.821 bits per heavy atom. The van der Waals surface area contributed by atoms with E-state index in [4.69, 9.17) is 15.0 Å². The number of rotatable bonds is 6. The SMILES string of the molecule is c1ccc(-c2ccc3c4ccccc4n(-c4cc(-c5ccc6sc7ccccc7c6c5)cc(-c5nc(-c6ccccc6)nc(-c6ccccc6)n5)c4)c3c2)cc1. The molecule has 11 rings (SSSR count). The third-order valence-electron chi connectivity index (χ3n) is 10.6. The van der Waals surface area contributed by atoms with Crippen LogP contribution >= 0.6 is 11.3 Å². The Bertz CT molecular complexity index is 3180. The predicted octanol–water partition coefficient (Wildman–Crippen LogP) is 13.7. The van der Waals surface area contributed by atoms with E-state index in [1.807, 2.05) is 47.7 Å². The van der Waals surface area contributed by atoms with Crippen LogP contribution in [0.4, 0.5) is 0 Å². The molecular weight excluding hydrogens is 701 g/mol. The second-order valence-electron chi connectivity index (χ2n) is 14.1. The maximum Gasteiger partial charge on any atom is 0.164 e. The fourth-order valence-electron chi connectivity index (χ4n) is 7.94. The fourth-order valence-corrected chi connectivity index (χ4v) is 9.02. The maximum absolute atomic E-state index is 5.19. The molecule has 11 aromatic rings. The molecule has 0 N–H and O–H groups in total. The summed E-state index contributed by atoms with van der Waals surface area (Å²) in [4.78, 5) is 15.4. The van der Waals surface area contributed by atoms with Crippen molar-refractivity contribution >= 4 is 53.3 Å². The Balaban J connectivity index is 1.20. The molecule has 0 atom stereocenters. The summed E-state index contributed by atoms with van der Waals surface area (Å²) in [6.45, 7) is 0. The van der Waals surface area contributed by atoms with E-state index >= 15 is 0 Å². The number of hydrogen-bond acceptors (Lipinski definition) is 4. The maximum atomic E-state index is 5.19. The van der Waals surface area contributed by atoms with Crippen LogP contribution in [0.1, 0.15) is 0 Å². The van der Waals surface area contributed by atoms with Crippen LogP contribution in [0, 0.1) is 0 Å². The highest BCUT2D eigenvalue weighted by Gasteiger charge is 2.19. The van der Waals surface area contributed by atoms with Crippen molar-refractivity contribution in [1.82, 2.24) is 19.5 Å². The standard InChI is InChI=1S/C51H32N4S/c1-4-14-33(15-5-1)37-24-26-42-41-20-10-12-22-45(41)55(46(42)32-37)40-29-38(36-25-27-48-44(31-36)43-21-11-13-23-47(43)56-48)28-39(30-40)51-53-49(34-16-6-2-7-17-34)52-50(54-51)35-18-8-3-9-19-35/h1-32H. The van der Waals surface area contributed by atoms with Crippen LogP contribution in [0.3, 0.4) is 0 Å². The molecule has 8 aromatic carbocycles. The monoisotopic (exact) mass is 732 g/mol. The smallest absolute Gasteiger partial charge is 0.164 e. The van der Waals surface area contributed by atoms with Crippen LogP contribution in [-0.2, 0) is 0 Å². The van der Waals surface area contributed by atoms with E-state index in [0.29, 0.717) is 17.5 Å². The van der Waals surface area contributed by atoms with Crippen LogP contribution in [0.15, 0.2) is 194 Å². The number of para-hydroxylation sites is 1. The quantitative estimate of drug-likeness (QED) is 0.171. The Morgan fingerprint density at radius 3 is 1.54 bits per heavy atom. The number of benzene rings is 8. The van der Waals surface area contributed by atoms with Gasteiger partial charge in [-0.1, -0.05) is 146 Å². The lowest BCUT2D eigenvalue weighted by atomic mass is 9.99. The Morgan fingerprint density at radius 1 is 0.304 bits per heavy atom. The molecule has 0 unspecified atom stereocenters. The third kappa shape index (κ3) is 5.56. The molecule has 0 amide bonds. The molecule has 56 heavy (non-hydrogen) atoms. The molecule has 0 saturated heterocycles. The van der Waals surface area contributed by atoms with Gasteiger partial charge in [0.15, 0.2) is 17.5 Å². The van der Waals surface area contributed by atoms with Gasteiger partial charge in [-0.25, -0.2) is 15.0 Å². The van der Waals surface area contributed by atoms with Crippen molar-refractivity contribution in [2.45, 2.75) is 0 Å². The Labute approximate surface area is 327 Å². The molecule has 3 aromatic heterocycles. The minimum atomic E-state index is 0.619. The van der Waals surface area contributed by atoms with E-state index in [2.05, 4.69) is 162 Å². The minimum absolute atomic E-state index is 0.619. The topological polar surface area (TPSA) is 43.6 Å². The predicted molar refractivity (Wildman–Crippen MR) is 234 cm³/mol. The highest BCUT2D eigenvalue weighted by molar-refractivity contribution is 7.25. The van der Waals surface area contributed by atoms with Crippen LogP contribution in [-0.4, -0.2) is 19.5 Å². The van der Waals surface area contributed by atoms with Crippen molar-refractivity contribution in [3.05, 3.63) is 194 Å². The van der Waals surface area contributed by atoms with Crippen LogP contribution < -0.4 is 0 Å². The number of nitrogens with zero attached hydrogens (tertiary/aromatic N) is 4. The van der Waals surface area contributed by atoms with Gasteiger partial charge < -0.3 is 4.57 Å². The van der Waals surface area contributed by atoms with Gasteiger partial charge in [0.05, 0.1) is 11.0 Å². The van der Waals surface area contributed by atoms with Crippen molar-refractivity contribution in [1.29, 1.82) is 0 Å². The first-order valence-electron chi connectivity index (χ1n) is 18.8. The van der Waals surface area contributed by atoms with Gasteiger partial charge in [-0.05, 0) is 70.8 Å². The first-order valence-corrected chi connectivity index (χ1v) is 19.6. The summed E-state index contributed by atoms with van der Waals surface area (Å²) in [7, 11) is 0. The molecule has 0 aliphatic heterocycles. The average Bonchev–Trinajstić information content (AvgIpc) is 3.82. The second-order valence-corrected chi connectivity index (χ2v) is 15.2. The minimum Gasteiger partial charge on any atom is -0.309 e. The third-order valence-corrected chi connectivity index (χ3v) is 11.8. The summed E-state index contributed by atoms with van der Waals surface area (Å²) in [6.07, 6.45) is 0. The largest absolute Gasteiger partial charge is 0.309 e. The fraction of sp³-hybridized carbons (Fsp3) is 0. The summed E-state index contributed by atoms with van der Waals surface area (Å²) in [5.74, 6) is 1.89. The molecular formula is C51H32N4S. The summed E-state index contributed by atoms with van der Waals surface area (Å²) in [6, 6.07) is 68.8. The van der Waals surface area contributed by atoms with Gasteiger partial charge in [0.2, 0.25) is 0 Å². The summed E-state index contributed by atoms with van der Waals surface area (Å²) >= 11 is 1.84. The lowest BCUT2D eigenvalue weighted by molar-refractivity contribution is 1.07. The summed E-state index contributed by atoms with van der Waals surface area (Å²) < 4.78 is 4.97. The van der Waals surface area contributed by atoms with Crippen LogP contribution in [0.25, 0.3) is 104 Å². The van der Waals surface area contributed by atoms with E-state index < -0.39 is 0 Å². The average molecular weight is 733 g/mol. The van der Waals surface area contributed by atoms with E-state index in [-0.39, 0.29) is 0 Å². The molecule has 0 spiro atoms. The Hall–Kier alpha value is -7.21. The highest BCUT2D eigenvalue weighted by atomic mass is 32.1. The molecule has 5 heteroatoms. The lowest BCUT2D eigenvalue weighted by Crippen LogP contribution is -2.02. The van der Waals surface area contributed by atoms with Gasteiger partial charge in [0.1, 0.15) is 0 Å². The van der Waals surface area contributed by atoms with E-state index in [0.717, 1.165) is 44.5 Å². The Kier molecular flexibility index (Phi) is 7.64. The van der Waals surface area contributed by atoms with Crippen molar-refractivity contribution in [2.24, 2.45) is 0 Å². The number of hydrogen-bond donors (Lipinski definition) is 0. The molecule has 0 aliphatic carbocycles. The molecule has 3 heterocycles. The highest BCUT2D eigenvalue weighted by Crippen LogP contribution is 2.40. The van der Waals surface area contributed by atoms with Gasteiger partial charge in [-0.3, -0.25) is 0 Å². The molecule has 0 fully saturated rings. The summed E-state index contributed by atoms with van der Waals surface area (Å²) in [5, 5.41) is 4.95. The molecule has 0 saturated carbocycles. The van der Waals surface area contributed by atoms with Crippen molar-refractivity contribution in [3.8, 4) is 62.1 Å². The van der Waals surface area contributed by atoms with E-state index in [1.165, 1.54) is 42.1 Å². The molecule has 4 nitrogen and oxygen atoms in total. The zero-order valence-corrected chi connectivity index (χ0v) is 31.0. The normalized spacial score (nSPS) is 11.6. The molecule has 0 aliphatic rings. The van der Waals surface area contributed by atoms with Crippen LogP contribution in [0.2, 0.25) is 0 Å². The second kappa shape index (κ2) is 13.3. The van der Waals surface area contributed by atoms with E-state index in [9.17, 15) is 0 Å². The molecule has 0 radical (unpaired) electrons. The van der Waals surface area contributed by atoms with Gasteiger partial charge in [0.25, 0.3) is 0 Å². The number of thiophene rings is 1. The van der Waals surface area contributed by atoms with Crippen molar-refractivity contribution in [2.75, 3.05) is 0 Å². The van der Waals surface area contributed by atoms with Gasteiger partial charge in [-0.15, -0.1) is 11.3 Å². The summed E-state index contributed by atoms with van der Waals surface area (Å²) in [5.41, 5.74) is 10.7. The molecule has 262 valence electrons. The van der Waals surface area contributed by atoms with Gasteiger partial charge >= 0.3 is 0 Å². The molecule has 0 bridgehead atoms.